The van der Waals surface area contributed by atoms with Gasteiger partial charge in [0.05, 0.1) is 0 Å². The van der Waals surface area contributed by atoms with Crippen LogP contribution in [0.3, 0.4) is 0 Å². The molecule has 0 aliphatic carbocycles. The third kappa shape index (κ3) is 2.55. The molecule has 1 saturated heterocycles. The lowest BCUT2D eigenvalue weighted by atomic mass is 9.92. The molecule has 1 aromatic carbocycles. The van der Waals surface area contributed by atoms with Crippen LogP contribution in [-0.2, 0) is 4.79 Å². The van der Waals surface area contributed by atoms with Gasteiger partial charge in [-0.25, -0.2) is 0 Å². The van der Waals surface area contributed by atoms with E-state index in [1.165, 1.54) is 0 Å². The van der Waals surface area contributed by atoms with Gasteiger partial charge < -0.3 is 5.32 Å². The molecule has 1 aliphatic heterocycles. The summed E-state index contributed by atoms with van der Waals surface area (Å²) in [5, 5.41) is 14.1. The molecule has 1 aliphatic rings. The van der Waals surface area contributed by atoms with Crippen molar-refractivity contribution in [3.8, 4) is 0 Å². The molecule has 2 atom stereocenters. The zero-order chi connectivity index (χ0) is 12.4. The van der Waals surface area contributed by atoms with E-state index in [0.29, 0.717) is 10.6 Å². The van der Waals surface area contributed by atoms with Gasteiger partial charge in [0.1, 0.15) is 6.04 Å². The fraction of sp³-hybridized carbons (Fsp3) is 0.364. The number of rotatable bonds is 2. The highest BCUT2D eigenvalue weighted by molar-refractivity contribution is 6.30. The highest BCUT2D eigenvalue weighted by atomic mass is 35.5. The van der Waals surface area contributed by atoms with Crippen molar-refractivity contribution >= 4 is 17.5 Å². The van der Waals surface area contributed by atoms with E-state index in [1.807, 2.05) is 0 Å². The first-order valence-corrected chi connectivity index (χ1v) is 5.64. The van der Waals surface area contributed by atoms with Crippen molar-refractivity contribution in [3.05, 3.63) is 45.0 Å². The van der Waals surface area contributed by atoms with Crippen molar-refractivity contribution < 1.29 is 9.72 Å². The summed E-state index contributed by atoms with van der Waals surface area (Å²) in [6.45, 7) is 0. The lowest BCUT2D eigenvalue weighted by Crippen LogP contribution is -2.45. The van der Waals surface area contributed by atoms with Crippen molar-refractivity contribution in [2.75, 3.05) is 0 Å². The number of carbonyl (C=O) groups excluding carboxylic acids is 1. The Hall–Kier alpha value is -1.62. The van der Waals surface area contributed by atoms with Crippen LogP contribution in [0.1, 0.15) is 24.4 Å². The van der Waals surface area contributed by atoms with E-state index in [-0.39, 0.29) is 23.7 Å². The van der Waals surface area contributed by atoms with Gasteiger partial charge in [-0.1, -0.05) is 23.7 Å². The molecule has 1 aromatic rings. The van der Waals surface area contributed by atoms with Crippen LogP contribution < -0.4 is 5.32 Å². The molecule has 1 amide bonds. The summed E-state index contributed by atoms with van der Waals surface area (Å²) in [7, 11) is 0. The largest absolute Gasteiger partial charge is 0.343 e. The van der Waals surface area contributed by atoms with E-state index in [9.17, 15) is 14.9 Å². The fourth-order valence-corrected chi connectivity index (χ4v) is 2.22. The molecular weight excluding hydrogens is 244 g/mol. The van der Waals surface area contributed by atoms with Crippen molar-refractivity contribution in [2.24, 2.45) is 0 Å². The summed E-state index contributed by atoms with van der Waals surface area (Å²) in [5.74, 6) is -0.159. The van der Waals surface area contributed by atoms with E-state index < -0.39 is 12.1 Å². The molecule has 0 aromatic heterocycles. The molecule has 1 N–H and O–H groups in total. The van der Waals surface area contributed by atoms with E-state index in [1.54, 1.807) is 24.3 Å². The third-order valence-corrected chi connectivity index (χ3v) is 3.08. The zero-order valence-corrected chi connectivity index (χ0v) is 9.68. The van der Waals surface area contributed by atoms with E-state index in [0.717, 1.165) is 0 Å². The standard InChI is InChI=1S/C11H11ClN2O3/c12-8-3-1-2-7(6-8)11-9(14(16)17)4-5-10(15)13-11/h1-3,6,9,11H,4-5H2,(H,13,15). The number of hydrogen-bond acceptors (Lipinski definition) is 3. The molecular formula is C11H11ClN2O3. The van der Waals surface area contributed by atoms with Crippen LogP contribution in [0.4, 0.5) is 0 Å². The Bertz CT molecular complexity index is 464. The van der Waals surface area contributed by atoms with E-state index >= 15 is 0 Å². The quantitative estimate of drug-likeness (QED) is 0.647. The molecule has 2 unspecified atom stereocenters. The van der Waals surface area contributed by atoms with Crippen LogP contribution in [0.25, 0.3) is 0 Å². The van der Waals surface area contributed by atoms with Gasteiger partial charge in [-0.15, -0.1) is 0 Å². The molecule has 90 valence electrons. The Balaban J connectivity index is 2.32. The number of nitrogens with zero attached hydrogens (tertiary/aromatic N) is 1. The summed E-state index contributed by atoms with van der Waals surface area (Å²) in [6.07, 6.45) is 0.457. The minimum absolute atomic E-state index is 0.159. The Morgan fingerprint density at radius 3 is 2.88 bits per heavy atom. The Labute approximate surface area is 103 Å². The van der Waals surface area contributed by atoms with Gasteiger partial charge in [0.2, 0.25) is 11.9 Å². The van der Waals surface area contributed by atoms with Crippen molar-refractivity contribution in [1.82, 2.24) is 5.32 Å². The second-order valence-corrected chi connectivity index (χ2v) is 4.43. The minimum Gasteiger partial charge on any atom is -0.343 e. The fourth-order valence-electron chi connectivity index (χ4n) is 2.02. The highest BCUT2D eigenvalue weighted by Crippen LogP contribution is 2.27. The van der Waals surface area contributed by atoms with Gasteiger partial charge >= 0.3 is 0 Å². The topological polar surface area (TPSA) is 72.2 Å². The average molecular weight is 255 g/mol. The van der Waals surface area contributed by atoms with Gasteiger partial charge in [0.25, 0.3) is 0 Å². The Morgan fingerprint density at radius 2 is 2.24 bits per heavy atom. The smallest absolute Gasteiger partial charge is 0.237 e. The number of benzene rings is 1. The van der Waals surface area contributed by atoms with Crippen molar-refractivity contribution in [1.29, 1.82) is 0 Å². The SMILES string of the molecule is O=C1CCC([N+](=O)[O-])C(c2cccc(Cl)c2)N1. The lowest BCUT2D eigenvalue weighted by Gasteiger charge is -2.26. The summed E-state index contributed by atoms with van der Waals surface area (Å²) >= 11 is 5.85. The van der Waals surface area contributed by atoms with Crippen molar-refractivity contribution in [2.45, 2.75) is 24.9 Å². The van der Waals surface area contributed by atoms with Crippen LogP contribution in [0, 0.1) is 10.1 Å². The Morgan fingerprint density at radius 1 is 1.47 bits per heavy atom. The first-order chi connectivity index (χ1) is 8.08. The summed E-state index contributed by atoms with van der Waals surface area (Å²) < 4.78 is 0. The Kier molecular flexibility index (Phi) is 3.28. The van der Waals surface area contributed by atoms with Gasteiger partial charge in [0, 0.05) is 22.8 Å². The number of nitrogens with one attached hydrogen (secondary N) is 1. The van der Waals surface area contributed by atoms with Crippen LogP contribution in [-0.4, -0.2) is 16.9 Å². The second-order valence-electron chi connectivity index (χ2n) is 3.99. The molecule has 1 fully saturated rings. The number of piperidine rings is 1. The van der Waals surface area contributed by atoms with Crippen LogP contribution in [0.2, 0.25) is 5.02 Å². The molecule has 6 heteroatoms. The number of carbonyl (C=O) groups is 1. The maximum atomic E-state index is 11.3. The number of nitro groups is 1. The maximum Gasteiger partial charge on any atom is 0.237 e. The molecule has 0 saturated carbocycles. The third-order valence-electron chi connectivity index (χ3n) is 2.85. The molecule has 0 bridgehead atoms. The molecule has 2 rings (SSSR count). The zero-order valence-electron chi connectivity index (χ0n) is 8.93. The van der Waals surface area contributed by atoms with Crippen LogP contribution >= 0.6 is 11.6 Å². The molecule has 1 heterocycles. The monoisotopic (exact) mass is 254 g/mol. The summed E-state index contributed by atoms with van der Waals surface area (Å²) in [4.78, 5) is 21.9. The number of amides is 1. The number of halogens is 1. The first-order valence-electron chi connectivity index (χ1n) is 5.26. The van der Waals surface area contributed by atoms with Crippen molar-refractivity contribution in [3.63, 3.8) is 0 Å². The average Bonchev–Trinajstić information content (AvgIpc) is 2.28. The summed E-state index contributed by atoms with van der Waals surface area (Å²) in [6, 6.07) is 5.41. The summed E-state index contributed by atoms with van der Waals surface area (Å²) in [5.41, 5.74) is 0.673. The molecule has 0 radical (unpaired) electrons. The predicted molar refractivity (Wildman–Crippen MR) is 62.4 cm³/mol. The van der Waals surface area contributed by atoms with Gasteiger partial charge in [-0.3, -0.25) is 14.9 Å². The van der Waals surface area contributed by atoms with Gasteiger partial charge in [-0.05, 0) is 17.7 Å². The highest BCUT2D eigenvalue weighted by Gasteiger charge is 2.38. The normalized spacial score (nSPS) is 24.2. The molecule has 17 heavy (non-hydrogen) atoms. The first kappa shape index (κ1) is 11.9. The van der Waals surface area contributed by atoms with Gasteiger partial charge in [0.15, 0.2) is 0 Å². The predicted octanol–water partition coefficient (Wildman–Crippen LogP) is 1.94. The molecule has 0 spiro atoms. The van der Waals surface area contributed by atoms with Crippen LogP contribution in [0.15, 0.2) is 24.3 Å². The number of hydrogen-bond donors (Lipinski definition) is 1. The van der Waals surface area contributed by atoms with Crippen LogP contribution in [0.5, 0.6) is 0 Å². The molecule has 5 nitrogen and oxygen atoms in total. The van der Waals surface area contributed by atoms with E-state index in [4.69, 9.17) is 11.6 Å². The maximum absolute atomic E-state index is 11.3. The second kappa shape index (κ2) is 4.71. The van der Waals surface area contributed by atoms with Gasteiger partial charge in [-0.2, -0.15) is 0 Å². The lowest BCUT2D eigenvalue weighted by molar-refractivity contribution is -0.529. The minimum atomic E-state index is -0.786. The van der Waals surface area contributed by atoms with E-state index in [2.05, 4.69) is 5.32 Å².